The van der Waals surface area contributed by atoms with Crippen LogP contribution in [0.15, 0.2) is 34.1 Å². The predicted octanol–water partition coefficient (Wildman–Crippen LogP) is 1.19. The SMILES string of the molecule is CC(NS(=O)(=O)c1cccc(S(=O)(=O)F)c1)C1CCCO1. The van der Waals surface area contributed by atoms with Crippen LogP contribution in [-0.4, -0.2) is 35.6 Å². The van der Waals surface area contributed by atoms with Crippen molar-refractivity contribution >= 4 is 20.2 Å². The van der Waals surface area contributed by atoms with E-state index in [9.17, 15) is 20.7 Å². The molecule has 2 atom stereocenters. The normalized spacial score (nSPS) is 21.3. The van der Waals surface area contributed by atoms with Crippen LogP contribution in [-0.2, 0) is 25.0 Å². The van der Waals surface area contributed by atoms with Gasteiger partial charge in [-0.1, -0.05) is 6.07 Å². The Balaban J connectivity index is 2.23. The molecular formula is C12H16FNO5S2. The summed E-state index contributed by atoms with van der Waals surface area (Å²) in [4.78, 5) is -0.985. The van der Waals surface area contributed by atoms with E-state index < -0.39 is 31.2 Å². The van der Waals surface area contributed by atoms with Crippen LogP contribution in [0, 0.1) is 0 Å². The Morgan fingerprint density at radius 3 is 2.52 bits per heavy atom. The molecule has 2 rings (SSSR count). The first-order valence-electron chi connectivity index (χ1n) is 6.39. The van der Waals surface area contributed by atoms with E-state index in [0.29, 0.717) is 6.61 Å². The summed E-state index contributed by atoms with van der Waals surface area (Å²) in [5.74, 6) is 0. The van der Waals surface area contributed by atoms with Gasteiger partial charge in [0.25, 0.3) is 0 Å². The van der Waals surface area contributed by atoms with Crippen molar-refractivity contribution in [1.82, 2.24) is 4.72 Å². The zero-order valence-electron chi connectivity index (χ0n) is 11.3. The molecule has 0 aliphatic carbocycles. The maximum absolute atomic E-state index is 12.9. The maximum Gasteiger partial charge on any atom is 0.332 e. The number of rotatable bonds is 5. The van der Waals surface area contributed by atoms with Crippen LogP contribution in [0.2, 0.25) is 0 Å². The second-order valence-electron chi connectivity index (χ2n) is 4.87. The monoisotopic (exact) mass is 337 g/mol. The third-order valence-corrected chi connectivity index (χ3v) is 5.63. The number of sulfonamides is 1. The molecule has 6 nitrogen and oxygen atoms in total. The largest absolute Gasteiger partial charge is 0.377 e. The van der Waals surface area contributed by atoms with Gasteiger partial charge in [0, 0.05) is 12.6 Å². The summed E-state index contributed by atoms with van der Waals surface area (Å²) >= 11 is 0. The van der Waals surface area contributed by atoms with E-state index in [4.69, 9.17) is 4.74 Å². The lowest BCUT2D eigenvalue weighted by Gasteiger charge is -2.20. The number of halogens is 1. The highest BCUT2D eigenvalue weighted by molar-refractivity contribution is 7.89. The summed E-state index contributed by atoms with van der Waals surface area (Å²) in [7, 11) is -8.89. The smallest absolute Gasteiger partial charge is 0.332 e. The van der Waals surface area contributed by atoms with Gasteiger partial charge in [-0.05, 0) is 38.0 Å². The first kappa shape index (κ1) is 16.3. The molecular weight excluding hydrogens is 321 g/mol. The average molecular weight is 337 g/mol. The van der Waals surface area contributed by atoms with E-state index >= 15 is 0 Å². The van der Waals surface area contributed by atoms with Crippen LogP contribution in [0.5, 0.6) is 0 Å². The Morgan fingerprint density at radius 1 is 1.29 bits per heavy atom. The van der Waals surface area contributed by atoms with E-state index in [1.807, 2.05) is 0 Å². The molecule has 9 heteroatoms. The lowest BCUT2D eigenvalue weighted by Crippen LogP contribution is -2.40. The van der Waals surface area contributed by atoms with E-state index in [1.54, 1.807) is 6.92 Å². The minimum atomic E-state index is -4.95. The van der Waals surface area contributed by atoms with Crippen LogP contribution in [0.3, 0.4) is 0 Å². The summed E-state index contributed by atoms with van der Waals surface area (Å²) in [6.07, 6.45) is 1.41. The first-order chi connectivity index (χ1) is 9.70. The molecule has 0 amide bonds. The van der Waals surface area contributed by atoms with Gasteiger partial charge in [0.2, 0.25) is 10.0 Å². The van der Waals surface area contributed by atoms with Gasteiger partial charge in [-0.25, -0.2) is 13.1 Å². The Bertz CT molecular complexity index is 711. The molecule has 0 aromatic heterocycles. The van der Waals surface area contributed by atoms with Gasteiger partial charge in [0.15, 0.2) is 0 Å². The van der Waals surface area contributed by atoms with E-state index in [2.05, 4.69) is 4.72 Å². The van der Waals surface area contributed by atoms with Gasteiger partial charge in [-0.3, -0.25) is 0 Å². The summed E-state index contributed by atoms with van der Waals surface area (Å²) in [6.45, 7) is 2.26. The zero-order chi connectivity index (χ0) is 15.7. The summed E-state index contributed by atoms with van der Waals surface area (Å²) in [5, 5.41) is 0. The molecule has 2 unspecified atom stereocenters. The van der Waals surface area contributed by atoms with Crippen LogP contribution >= 0.6 is 0 Å². The van der Waals surface area contributed by atoms with Crippen LogP contribution in [0.4, 0.5) is 3.89 Å². The van der Waals surface area contributed by atoms with Crippen molar-refractivity contribution in [2.24, 2.45) is 0 Å². The number of hydrogen-bond acceptors (Lipinski definition) is 5. The number of ether oxygens (including phenoxy) is 1. The fraction of sp³-hybridized carbons (Fsp3) is 0.500. The number of benzene rings is 1. The minimum absolute atomic E-state index is 0.215. The molecule has 118 valence electrons. The molecule has 1 fully saturated rings. The van der Waals surface area contributed by atoms with Gasteiger partial charge in [-0.2, -0.15) is 8.42 Å². The lowest BCUT2D eigenvalue weighted by atomic mass is 10.1. The fourth-order valence-electron chi connectivity index (χ4n) is 2.18. The topological polar surface area (TPSA) is 89.5 Å². The lowest BCUT2D eigenvalue weighted by molar-refractivity contribution is 0.0902. The molecule has 1 aliphatic rings. The Morgan fingerprint density at radius 2 is 1.95 bits per heavy atom. The molecule has 0 spiro atoms. The highest BCUT2D eigenvalue weighted by atomic mass is 32.3. The van der Waals surface area contributed by atoms with Crippen molar-refractivity contribution < 1.29 is 25.5 Å². The quantitative estimate of drug-likeness (QED) is 0.815. The van der Waals surface area contributed by atoms with Crippen molar-refractivity contribution in [2.75, 3.05) is 6.61 Å². The predicted molar refractivity (Wildman–Crippen MR) is 73.5 cm³/mol. The summed E-state index contributed by atoms with van der Waals surface area (Å²) in [6, 6.07) is 3.72. The van der Waals surface area contributed by atoms with Gasteiger partial charge in [-0.15, -0.1) is 3.89 Å². The molecule has 1 N–H and O–H groups in total. The second-order valence-corrected chi connectivity index (χ2v) is 7.94. The van der Waals surface area contributed by atoms with Crippen molar-refractivity contribution in [3.8, 4) is 0 Å². The van der Waals surface area contributed by atoms with Gasteiger partial charge < -0.3 is 4.74 Å². The van der Waals surface area contributed by atoms with Crippen molar-refractivity contribution in [3.63, 3.8) is 0 Å². The highest BCUT2D eigenvalue weighted by Gasteiger charge is 2.27. The average Bonchev–Trinajstić information content (AvgIpc) is 2.91. The highest BCUT2D eigenvalue weighted by Crippen LogP contribution is 2.20. The zero-order valence-corrected chi connectivity index (χ0v) is 13.0. The van der Waals surface area contributed by atoms with E-state index in [1.165, 1.54) is 12.1 Å². The molecule has 1 saturated heterocycles. The van der Waals surface area contributed by atoms with Crippen molar-refractivity contribution in [3.05, 3.63) is 24.3 Å². The molecule has 0 saturated carbocycles. The molecule has 1 aliphatic heterocycles. The number of hydrogen-bond donors (Lipinski definition) is 1. The van der Waals surface area contributed by atoms with Gasteiger partial charge >= 0.3 is 10.2 Å². The maximum atomic E-state index is 12.9. The van der Waals surface area contributed by atoms with Gasteiger partial charge in [0.05, 0.1) is 15.9 Å². The third kappa shape index (κ3) is 4.00. The molecule has 0 radical (unpaired) electrons. The summed E-state index contributed by atoms with van der Waals surface area (Å²) < 4.78 is 66.8. The fourth-order valence-corrected chi connectivity index (χ4v) is 4.08. The summed E-state index contributed by atoms with van der Waals surface area (Å²) in [5.41, 5.74) is 0. The minimum Gasteiger partial charge on any atom is -0.377 e. The molecule has 0 bridgehead atoms. The van der Waals surface area contributed by atoms with Gasteiger partial charge in [0.1, 0.15) is 0 Å². The van der Waals surface area contributed by atoms with E-state index in [-0.39, 0.29) is 11.0 Å². The second kappa shape index (κ2) is 5.99. The van der Waals surface area contributed by atoms with Crippen LogP contribution in [0.25, 0.3) is 0 Å². The van der Waals surface area contributed by atoms with Crippen molar-refractivity contribution in [2.45, 2.75) is 41.7 Å². The molecule has 1 aromatic carbocycles. The third-order valence-electron chi connectivity index (χ3n) is 3.26. The van der Waals surface area contributed by atoms with Crippen LogP contribution in [0.1, 0.15) is 19.8 Å². The number of nitrogens with one attached hydrogen (secondary N) is 1. The Kier molecular flexibility index (Phi) is 4.66. The van der Waals surface area contributed by atoms with Crippen LogP contribution < -0.4 is 4.72 Å². The Hall–Kier alpha value is -1.03. The van der Waals surface area contributed by atoms with E-state index in [0.717, 1.165) is 25.0 Å². The molecule has 21 heavy (non-hydrogen) atoms. The first-order valence-corrected chi connectivity index (χ1v) is 9.25. The standard InChI is InChI=1S/C12H16FNO5S2/c1-9(12-6-3-7-19-12)14-21(17,18)11-5-2-4-10(8-11)20(13,15)16/h2,4-5,8-9,12,14H,3,6-7H2,1H3. The molecule has 1 aromatic rings. The molecule has 1 heterocycles. The van der Waals surface area contributed by atoms with Crippen molar-refractivity contribution in [1.29, 1.82) is 0 Å². The Labute approximate surface area is 123 Å².